The van der Waals surface area contributed by atoms with Gasteiger partial charge >= 0.3 is 0 Å². The molecule has 17 heavy (non-hydrogen) atoms. The topological polar surface area (TPSA) is 18.5 Å². The van der Waals surface area contributed by atoms with E-state index in [0.29, 0.717) is 0 Å². The minimum Gasteiger partial charge on any atom is -0.316 e. The summed E-state index contributed by atoms with van der Waals surface area (Å²) in [6.45, 7) is 10.5. The highest BCUT2D eigenvalue weighted by molar-refractivity contribution is 4.81. The molecule has 3 nitrogen and oxygen atoms in total. The van der Waals surface area contributed by atoms with Gasteiger partial charge in [-0.25, -0.2) is 0 Å². The second-order valence-corrected chi connectivity index (χ2v) is 6.23. The fraction of sp³-hybridized carbons (Fsp3) is 1.00. The van der Waals surface area contributed by atoms with Crippen molar-refractivity contribution >= 4 is 0 Å². The van der Waals surface area contributed by atoms with Crippen LogP contribution in [0.4, 0.5) is 0 Å². The van der Waals surface area contributed by atoms with Crippen LogP contribution in [-0.2, 0) is 0 Å². The van der Waals surface area contributed by atoms with Gasteiger partial charge in [0.15, 0.2) is 0 Å². The molecule has 0 aromatic carbocycles. The first-order valence-electron chi connectivity index (χ1n) is 7.55. The Balaban J connectivity index is 1.30. The van der Waals surface area contributed by atoms with Gasteiger partial charge in [-0.2, -0.15) is 0 Å². The van der Waals surface area contributed by atoms with Gasteiger partial charge in [-0.05, 0) is 57.2 Å². The Bertz CT molecular complexity index is 226. The monoisotopic (exact) mass is 237 g/mol. The van der Waals surface area contributed by atoms with Crippen LogP contribution >= 0.6 is 0 Å². The molecular weight excluding hydrogens is 210 g/mol. The minimum absolute atomic E-state index is 0.958. The molecule has 3 rings (SSSR count). The zero-order valence-corrected chi connectivity index (χ0v) is 11.0. The molecule has 1 aliphatic carbocycles. The van der Waals surface area contributed by atoms with E-state index in [1.807, 2.05) is 0 Å². The molecule has 0 aromatic rings. The zero-order chi connectivity index (χ0) is 11.5. The predicted molar refractivity (Wildman–Crippen MR) is 71.2 cm³/mol. The van der Waals surface area contributed by atoms with Gasteiger partial charge in [0, 0.05) is 32.7 Å². The van der Waals surface area contributed by atoms with Gasteiger partial charge in [0.1, 0.15) is 0 Å². The third kappa shape index (κ3) is 3.67. The molecule has 3 aliphatic rings. The van der Waals surface area contributed by atoms with Crippen molar-refractivity contribution in [3.8, 4) is 0 Å². The van der Waals surface area contributed by atoms with Crippen molar-refractivity contribution in [2.24, 2.45) is 11.8 Å². The van der Waals surface area contributed by atoms with E-state index in [1.54, 1.807) is 0 Å². The molecule has 2 aliphatic heterocycles. The zero-order valence-electron chi connectivity index (χ0n) is 11.0. The van der Waals surface area contributed by atoms with E-state index >= 15 is 0 Å². The van der Waals surface area contributed by atoms with Gasteiger partial charge in [-0.3, -0.25) is 0 Å². The number of piperazine rings is 1. The van der Waals surface area contributed by atoms with Crippen LogP contribution in [0.1, 0.15) is 25.7 Å². The van der Waals surface area contributed by atoms with E-state index in [9.17, 15) is 0 Å². The van der Waals surface area contributed by atoms with Crippen LogP contribution in [0.3, 0.4) is 0 Å². The summed E-state index contributed by atoms with van der Waals surface area (Å²) < 4.78 is 0. The summed E-state index contributed by atoms with van der Waals surface area (Å²) in [5.41, 5.74) is 0. The Labute approximate surface area is 106 Å². The lowest BCUT2D eigenvalue weighted by Crippen LogP contribution is -2.47. The molecular formula is C14H27N3. The summed E-state index contributed by atoms with van der Waals surface area (Å²) >= 11 is 0. The molecule has 2 saturated heterocycles. The summed E-state index contributed by atoms with van der Waals surface area (Å²) in [6.07, 6.45) is 5.81. The first kappa shape index (κ1) is 11.9. The Hall–Kier alpha value is -0.120. The van der Waals surface area contributed by atoms with Crippen LogP contribution in [0.2, 0.25) is 0 Å². The molecule has 1 unspecified atom stereocenters. The van der Waals surface area contributed by atoms with E-state index in [0.717, 1.165) is 11.8 Å². The number of nitrogens with one attached hydrogen (secondary N) is 1. The lowest BCUT2D eigenvalue weighted by molar-refractivity contribution is 0.123. The molecule has 0 spiro atoms. The fourth-order valence-corrected chi connectivity index (χ4v) is 3.19. The molecule has 0 bridgehead atoms. The lowest BCUT2D eigenvalue weighted by Gasteiger charge is -2.35. The fourth-order valence-electron chi connectivity index (χ4n) is 3.19. The number of hydrogen-bond acceptors (Lipinski definition) is 3. The van der Waals surface area contributed by atoms with Crippen molar-refractivity contribution in [1.29, 1.82) is 0 Å². The summed E-state index contributed by atoms with van der Waals surface area (Å²) in [4.78, 5) is 5.37. The van der Waals surface area contributed by atoms with Crippen molar-refractivity contribution in [3.05, 3.63) is 0 Å². The maximum absolute atomic E-state index is 3.47. The van der Waals surface area contributed by atoms with Crippen molar-refractivity contribution in [2.45, 2.75) is 25.7 Å². The minimum atomic E-state index is 0.958. The van der Waals surface area contributed by atoms with E-state index in [-0.39, 0.29) is 0 Å². The van der Waals surface area contributed by atoms with Crippen molar-refractivity contribution in [1.82, 2.24) is 15.1 Å². The Morgan fingerprint density at radius 1 is 0.882 bits per heavy atom. The SMILES string of the molecule is C1CC(CCN2CCN(CC3CC3)CC2)CN1. The summed E-state index contributed by atoms with van der Waals surface area (Å²) in [5, 5.41) is 3.47. The standard InChI is InChI=1S/C14H27N3/c1-2-14(1)12-17-9-7-16(8-10-17)6-4-13-3-5-15-11-13/h13-15H,1-12H2. The summed E-state index contributed by atoms with van der Waals surface area (Å²) in [6, 6.07) is 0. The highest BCUT2D eigenvalue weighted by Gasteiger charge is 2.26. The highest BCUT2D eigenvalue weighted by Crippen LogP contribution is 2.29. The molecule has 2 heterocycles. The normalized spacial score (nSPS) is 32.1. The molecule has 0 aromatic heterocycles. The first-order chi connectivity index (χ1) is 8.40. The first-order valence-corrected chi connectivity index (χ1v) is 7.55. The number of rotatable bonds is 5. The number of hydrogen-bond donors (Lipinski definition) is 1. The lowest BCUT2D eigenvalue weighted by atomic mass is 10.0. The molecule has 1 atom stereocenters. The van der Waals surface area contributed by atoms with Gasteiger partial charge in [-0.1, -0.05) is 0 Å². The molecule has 3 heteroatoms. The average Bonchev–Trinajstić information content (AvgIpc) is 3.02. The molecule has 0 radical (unpaired) electrons. The summed E-state index contributed by atoms with van der Waals surface area (Å²) in [5.74, 6) is 2.02. The largest absolute Gasteiger partial charge is 0.316 e. The smallest absolute Gasteiger partial charge is 0.0110 e. The van der Waals surface area contributed by atoms with Crippen molar-refractivity contribution in [2.75, 3.05) is 52.4 Å². The van der Waals surface area contributed by atoms with Crippen LogP contribution in [0.25, 0.3) is 0 Å². The average molecular weight is 237 g/mol. The molecule has 1 saturated carbocycles. The molecule has 3 fully saturated rings. The second-order valence-electron chi connectivity index (χ2n) is 6.23. The van der Waals surface area contributed by atoms with Gasteiger partial charge in [0.2, 0.25) is 0 Å². The second kappa shape index (κ2) is 5.68. The Morgan fingerprint density at radius 2 is 1.65 bits per heavy atom. The van der Waals surface area contributed by atoms with Crippen LogP contribution in [0, 0.1) is 11.8 Å². The van der Waals surface area contributed by atoms with Crippen LogP contribution in [0.5, 0.6) is 0 Å². The molecule has 98 valence electrons. The van der Waals surface area contributed by atoms with Gasteiger partial charge in [-0.15, -0.1) is 0 Å². The molecule has 0 amide bonds. The van der Waals surface area contributed by atoms with Crippen molar-refractivity contribution < 1.29 is 0 Å². The van der Waals surface area contributed by atoms with Crippen LogP contribution in [0.15, 0.2) is 0 Å². The molecule has 1 N–H and O–H groups in total. The predicted octanol–water partition coefficient (Wildman–Crippen LogP) is 1.01. The summed E-state index contributed by atoms with van der Waals surface area (Å²) in [7, 11) is 0. The third-order valence-corrected chi connectivity index (χ3v) is 4.69. The van der Waals surface area contributed by atoms with Crippen molar-refractivity contribution in [3.63, 3.8) is 0 Å². The quantitative estimate of drug-likeness (QED) is 0.770. The van der Waals surface area contributed by atoms with Gasteiger partial charge in [0.25, 0.3) is 0 Å². The Morgan fingerprint density at radius 3 is 2.29 bits per heavy atom. The van der Waals surface area contributed by atoms with Gasteiger partial charge in [0.05, 0.1) is 0 Å². The maximum Gasteiger partial charge on any atom is 0.0110 e. The van der Waals surface area contributed by atoms with E-state index in [2.05, 4.69) is 15.1 Å². The maximum atomic E-state index is 3.47. The van der Waals surface area contributed by atoms with E-state index < -0.39 is 0 Å². The Kier molecular flexibility index (Phi) is 3.99. The number of nitrogens with zero attached hydrogens (tertiary/aromatic N) is 2. The highest BCUT2D eigenvalue weighted by atomic mass is 15.3. The van der Waals surface area contributed by atoms with E-state index in [4.69, 9.17) is 0 Å². The van der Waals surface area contributed by atoms with Crippen LogP contribution in [-0.4, -0.2) is 62.2 Å². The third-order valence-electron chi connectivity index (χ3n) is 4.69. The van der Waals surface area contributed by atoms with Gasteiger partial charge < -0.3 is 15.1 Å². The van der Waals surface area contributed by atoms with E-state index in [1.165, 1.54) is 78.0 Å². The van der Waals surface area contributed by atoms with Crippen LogP contribution < -0.4 is 5.32 Å².